The van der Waals surface area contributed by atoms with Crippen molar-refractivity contribution >= 4 is 27.5 Å². The molecule has 8 N–H and O–H groups in total. The first-order chi connectivity index (χ1) is 18.9. The zero-order valence-corrected chi connectivity index (χ0v) is 23.4. The third-order valence-corrected chi connectivity index (χ3v) is 8.53. The number of aliphatic hydroxyl groups is 3. The molecule has 2 aliphatic rings. The number of aliphatic hydroxyl groups excluding tert-OH is 3. The van der Waals surface area contributed by atoms with E-state index in [-0.39, 0.29) is 0 Å². The highest BCUT2D eigenvalue weighted by molar-refractivity contribution is 7.61. The van der Waals surface area contributed by atoms with Crippen molar-refractivity contribution in [3.05, 3.63) is 33.1 Å². The van der Waals surface area contributed by atoms with Gasteiger partial charge in [-0.25, -0.2) is 13.9 Å². The zero-order chi connectivity index (χ0) is 30.9. The number of phosphoric acid groups is 2. The van der Waals surface area contributed by atoms with Gasteiger partial charge in [-0.2, -0.15) is 4.31 Å². The summed E-state index contributed by atoms with van der Waals surface area (Å²) in [6.07, 6.45) is -10.3. The maximum Gasteiger partial charge on any atom is 0.483 e. The number of hydrogen-bond acceptors (Lipinski definition) is 14. The Kier molecular flexibility index (Phi) is 10.4. The van der Waals surface area contributed by atoms with Gasteiger partial charge in [-0.15, -0.1) is 0 Å². The molecule has 2 fully saturated rings. The largest absolute Gasteiger partial charge is 0.483 e. The maximum absolute atomic E-state index is 12.6. The number of nitrogens with zero attached hydrogens (tertiary/aromatic N) is 1. The van der Waals surface area contributed by atoms with Gasteiger partial charge in [0.2, 0.25) is 11.8 Å². The smallest absolute Gasteiger partial charge is 0.389 e. The van der Waals surface area contributed by atoms with Crippen LogP contribution in [-0.4, -0.2) is 102 Å². The zero-order valence-electron chi connectivity index (χ0n) is 21.6. The standard InChI is InChI=1S/C19H30N4O16P2/c1-7-12(20-8(2)24)15(28)13(21-9(3)25)18(36-7)38-41(33,34)39-40(31,32)35-6-10-14(27)16(29)17(37-10)23-5-4-11(26)22-19(23)30/h4-5,7,10,12-18,27-29H,6H2,1-3H3,(H,20,24)(H,21,25)(H,31,32)(H,33,34)(H,22,26,30)/t7-,10+,12-,13+,14+,15-,16+,17+,18+/m0/s1. The van der Waals surface area contributed by atoms with Crippen LogP contribution < -0.4 is 21.9 Å². The van der Waals surface area contributed by atoms with Crippen LogP contribution in [0.2, 0.25) is 0 Å². The van der Waals surface area contributed by atoms with Crippen LogP contribution in [0, 0.1) is 0 Å². The number of hydrogen-bond donors (Lipinski definition) is 8. The van der Waals surface area contributed by atoms with E-state index in [1.165, 1.54) is 6.92 Å². The lowest BCUT2D eigenvalue weighted by Crippen LogP contribution is -2.67. The van der Waals surface area contributed by atoms with Crippen molar-refractivity contribution in [1.82, 2.24) is 20.2 Å². The van der Waals surface area contributed by atoms with Gasteiger partial charge in [0, 0.05) is 26.1 Å². The highest BCUT2D eigenvalue weighted by Gasteiger charge is 2.50. The van der Waals surface area contributed by atoms with Gasteiger partial charge in [-0.1, -0.05) is 0 Å². The quantitative estimate of drug-likeness (QED) is 0.116. The Morgan fingerprint density at radius 2 is 1.61 bits per heavy atom. The number of amides is 2. The van der Waals surface area contributed by atoms with Gasteiger partial charge in [0.05, 0.1) is 18.8 Å². The number of carbonyl (C=O) groups is 2. The van der Waals surface area contributed by atoms with Crippen molar-refractivity contribution in [2.75, 3.05) is 6.61 Å². The molecule has 2 unspecified atom stereocenters. The second-order valence-corrected chi connectivity index (χ2v) is 12.1. The third-order valence-electron chi connectivity index (χ3n) is 5.93. The van der Waals surface area contributed by atoms with Gasteiger partial charge >= 0.3 is 21.3 Å². The van der Waals surface area contributed by atoms with Crippen molar-refractivity contribution in [1.29, 1.82) is 0 Å². The van der Waals surface area contributed by atoms with Crippen LogP contribution in [0.3, 0.4) is 0 Å². The Labute approximate surface area is 230 Å². The predicted molar refractivity (Wildman–Crippen MR) is 131 cm³/mol. The molecule has 1 aromatic rings. The van der Waals surface area contributed by atoms with E-state index in [9.17, 15) is 53.4 Å². The van der Waals surface area contributed by atoms with Crippen molar-refractivity contribution in [3.8, 4) is 0 Å². The van der Waals surface area contributed by atoms with Crippen molar-refractivity contribution in [3.63, 3.8) is 0 Å². The molecule has 0 radical (unpaired) electrons. The molecule has 3 heterocycles. The number of rotatable bonds is 10. The van der Waals surface area contributed by atoms with Crippen LogP contribution in [0.4, 0.5) is 0 Å². The van der Waals surface area contributed by atoms with Crippen LogP contribution in [0.15, 0.2) is 21.9 Å². The molecule has 0 aliphatic carbocycles. The van der Waals surface area contributed by atoms with Crippen molar-refractivity contribution in [2.24, 2.45) is 0 Å². The number of phosphoric ester groups is 2. The van der Waals surface area contributed by atoms with Crippen LogP contribution >= 0.6 is 15.6 Å². The van der Waals surface area contributed by atoms with Gasteiger partial charge in [-0.3, -0.25) is 33.0 Å². The molecule has 11 atom stereocenters. The fourth-order valence-corrected chi connectivity index (χ4v) is 6.32. The second-order valence-electron chi connectivity index (χ2n) is 9.14. The second kappa shape index (κ2) is 12.9. The molecule has 2 saturated heterocycles. The monoisotopic (exact) mass is 632 g/mol. The van der Waals surface area contributed by atoms with Gasteiger partial charge in [0.1, 0.15) is 30.5 Å². The Bertz CT molecular complexity index is 1340. The predicted octanol–water partition coefficient (Wildman–Crippen LogP) is -3.48. The van der Waals surface area contributed by atoms with E-state index in [4.69, 9.17) is 14.0 Å². The van der Waals surface area contributed by atoms with Gasteiger partial charge in [0.15, 0.2) is 12.5 Å². The minimum absolute atomic E-state index is 0.555. The Balaban J connectivity index is 1.66. The molecule has 1 aromatic heterocycles. The Morgan fingerprint density at radius 3 is 2.20 bits per heavy atom. The van der Waals surface area contributed by atoms with E-state index in [2.05, 4.69) is 19.5 Å². The first-order valence-electron chi connectivity index (χ1n) is 11.8. The van der Waals surface area contributed by atoms with Gasteiger partial charge < -0.3 is 45.2 Å². The number of aromatic amines is 1. The summed E-state index contributed by atoms with van der Waals surface area (Å²) in [5, 5.41) is 35.7. The first kappa shape index (κ1) is 33.2. The molecule has 22 heteroatoms. The molecule has 0 bridgehead atoms. The normalized spacial score (nSPS) is 34.8. The number of nitrogens with one attached hydrogen (secondary N) is 3. The molecule has 232 valence electrons. The molecule has 20 nitrogen and oxygen atoms in total. The van der Waals surface area contributed by atoms with Crippen LogP contribution in [0.1, 0.15) is 27.0 Å². The summed E-state index contributed by atoms with van der Waals surface area (Å²) in [4.78, 5) is 68.4. The fourth-order valence-electron chi connectivity index (χ4n) is 4.16. The minimum atomic E-state index is -5.57. The first-order valence-corrected chi connectivity index (χ1v) is 14.8. The molecular weight excluding hydrogens is 602 g/mol. The van der Waals surface area contributed by atoms with Crippen LogP contribution in [-0.2, 0) is 41.6 Å². The van der Waals surface area contributed by atoms with Crippen molar-refractivity contribution < 1.29 is 66.7 Å². The molecule has 0 spiro atoms. The molecule has 2 aliphatic heterocycles. The van der Waals surface area contributed by atoms with Crippen LogP contribution in [0.25, 0.3) is 0 Å². The third kappa shape index (κ3) is 8.38. The molecule has 0 saturated carbocycles. The number of H-pyrrole nitrogens is 1. The summed E-state index contributed by atoms with van der Waals surface area (Å²) < 4.78 is 50.1. The van der Waals surface area contributed by atoms with E-state index in [0.29, 0.717) is 0 Å². The Morgan fingerprint density at radius 1 is 1.00 bits per heavy atom. The van der Waals surface area contributed by atoms with Gasteiger partial charge in [-0.05, 0) is 6.92 Å². The maximum atomic E-state index is 12.6. The number of aromatic nitrogens is 2. The van der Waals surface area contributed by atoms with Crippen molar-refractivity contribution in [2.45, 2.75) is 75.9 Å². The summed E-state index contributed by atoms with van der Waals surface area (Å²) >= 11 is 0. The topological polar surface area (TPSA) is 294 Å². The lowest BCUT2D eigenvalue weighted by molar-refractivity contribution is -0.208. The average molecular weight is 632 g/mol. The van der Waals surface area contributed by atoms with E-state index in [0.717, 1.165) is 30.7 Å². The Hall–Kier alpha value is -2.32. The SMILES string of the molecule is CC(=O)N[C@@H]1[C@H](O)[C@@H](NC(C)=O)[C@@H](OP(=O)(O)OP(=O)(O)OC[C@H]2O[C@@H](n3ccc(=O)[nH]c3=O)[C@H](O)[C@@H]2O)O[C@H]1C. The summed E-state index contributed by atoms with van der Waals surface area (Å²) in [6.45, 7) is 2.56. The molecule has 3 rings (SSSR count). The molecular formula is C19H30N4O16P2. The minimum Gasteiger partial charge on any atom is -0.389 e. The van der Waals surface area contributed by atoms with Crippen LogP contribution in [0.5, 0.6) is 0 Å². The van der Waals surface area contributed by atoms with E-state index >= 15 is 0 Å². The van der Waals surface area contributed by atoms with E-state index < -0.39 is 100 Å². The fraction of sp³-hybridized carbons (Fsp3) is 0.684. The summed E-state index contributed by atoms with van der Waals surface area (Å²) in [5.74, 6) is -1.28. The molecule has 2 amide bonds. The highest BCUT2D eigenvalue weighted by Crippen LogP contribution is 2.61. The lowest BCUT2D eigenvalue weighted by atomic mass is 9.95. The molecule has 0 aromatic carbocycles. The van der Waals surface area contributed by atoms with E-state index in [1.807, 2.05) is 4.98 Å². The summed E-state index contributed by atoms with van der Waals surface area (Å²) in [5.41, 5.74) is -1.73. The lowest BCUT2D eigenvalue weighted by Gasteiger charge is -2.43. The summed E-state index contributed by atoms with van der Waals surface area (Å²) in [6, 6.07) is -1.70. The number of carbonyl (C=O) groups excluding carboxylic acids is 2. The highest BCUT2D eigenvalue weighted by atomic mass is 31.3. The summed E-state index contributed by atoms with van der Waals surface area (Å²) in [7, 11) is -11.1. The van der Waals surface area contributed by atoms with E-state index in [1.54, 1.807) is 0 Å². The molecule has 41 heavy (non-hydrogen) atoms. The van der Waals surface area contributed by atoms with Gasteiger partial charge in [0.25, 0.3) is 5.56 Å². The number of ether oxygens (including phenoxy) is 2. The average Bonchev–Trinajstić information content (AvgIpc) is 3.10.